The van der Waals surface area contributed by atoms with Gasteiger partial charge in [0.05, 0.1) is 0 Å². The summed E-state index contributed by atoms with van der Waals surface area (Å²) in [6, 6.07) is 0. The summed E-state index contributed by atoms with van der Waals surface area (Å²) in [5, 5.41) is 10.8. The minimum atomic E-state index is -1.32. The van der Waals surface area contributed by atoms with E-state index in [4.69, 9.17) is 0 Å². The van der Waals surface area contributed by atoms with Gasteiger partial charge < -0.3 is 9.88 Å². The van der Waals surface area contributed by atoms with Gasteiger partial charge in [0.25, 0.3) is 0 Å². The van der Waals surface area contributed by atoms with Crippen LogP contribution in [0.1, 0.15) is 19.2 Å². The first-order valence-electron chi connectivity index (χ1n) is 4.88. The second-order valence-corrected chi connectivity index (χ2v) is 3.98. The van der Waals surface area contributed by atoms with E-state index in [1.807, 2.05) is 6.92 Å². The van der Waals surface area contributed by atoms with Gasteiger partial charge in [-0.1, -0.05) is 6.92 Å². The number of hydrogen-bond donors (Lipinski definition) is 1. The molecule has 2 heterocycles. The molecule has 1 aliphatic heterocycles. The van der Waals surface area contributed by atoms with E-state index in [1.165, 1.54) is 0 Å². The van der Waals surface area contributed by atoms with Crippen LogP contribution in [0.5, 0.6) is 0 Å². The number of rotatable bonds is 1. The van der Waals surface area contributed by atoms with Gasteiger partial charge in [0.2, 0.25) is 0 Å². The van der Waals surface area contributed by atoms with Crippen LogP contribution < -0.4 is 5.32 Å². The van der Waals surface area contributed by atoms with Crippen molar-refractivity contribution < 1.29 is 4.39 Å². The number of alkyl halides is 1. The fourth-order valence-corrected chi connectivity index (χ4v) is 1.99. The average Bonchev–Trinajstić information content (AvgIpc) is 2.57. The van der Waals surface area contributed by atoms with Crippen LogP contribution in [0.25, 0.3) is 0 Å². The Morgan fingerprint density at radius 2 is 2.50 bits per heavy atom. The Bertz CT molecular complexity index is 324. The number of nitrogens with zero attached hydrogens (tertiary/aromatic N) is 3. The third-order valence-electron chi connectivity index (χ3n) is 2.98. The molecule has 2 atom stereocenters. The summed E-state index contributed by atoms with van der Waals surface area (Å²) in [4.78, 5) is 0. The van der Waals surface area contributed by atoms with Gasteiger partial charge in [-0.05, 0) is 6.54 Å². The molecule has 78 valence electrons. The van der Waals surface area contributed by atoms with Gasteiger partial charge in [-0.2, -0.15) is 0 Å². The summed E-state index contributed by atoms with van der Waals surface area (Å²) in [5.41, 5.74) is -1.32. The normalized spacial score (nSPS) is 33.2. The number of nitrogens with one attached hydrogen (secondary N) is 1. The van der Waals surface area contributed by atoms with Crippen LogP contribution in [0.2, 0.25) is 0 Å². The Morgan fingerprint density at radius 3 is 3.07 bits per heavy atom. The molecule has 0 aromatic carbocycles. The maximum Gasteiger partial charge on any atom is 0.175 e. The van der Waals surface area contributed by atoms with Crippen molar-refractivity contribution in [1.29, 1.82) is 0 Å². The zero-order valence-electron chi connectivity index (χ0n) is 8.50. The predicted octanol–water partition coefficient (Wildman–Crippen LogP) is 0.609. The molecule has 2 unspecified atom stereocenters. The monoisotopic (exact) mass is 198 g/mol. The summed E-state index contributed by atoms with van der Waals surface area (Å²) in [7, 11) is 1.78. The maximum atomic E-state index is 14.6. The highest BCUT2D eigenvalue weighted by Gasteiger charge is 2.43. The Kier molecular flexibility index (Phi) is 2.26. The van der Waals surface area contributed by atoms with E-state index >= 15 is 0 Å². The number of aryl methyl sites for hydroxylation is 1. The lowest BCUT2D eigenvalue weighted by Gasteiger charge is -2.34. The van der Waals surface area contributed by atoms with E-state index in [2.05, 4.69) is 15.5 Å². The van der Waals surface area contributed by atoms with Gasteiger partial charge >= 0.3 is 0 Å². The lowest BCUT2D eigenvalue weighted by atomic mass is 9.84. The van der Waals surface area contributed by atoms with Gasteiger partial charge in [0, 0.05) is 25.9 Å². The molecule has 2 rings (SSSR count). The second-order valence-electron chi connectivity index (χ2n) is 3.98. The predicted molar refractivity (Wildman–Crippen MR) is 50.4 cm³/mol. The van der Waals surface area contributed by atoms with Crippen molar-refractivity contribution in [3.63, 3.8) is 0 Å². The summed E-state index contributed by atoms with van der Waals surface area (Å²) >= 11 is 0. The van der Waals surface area contributed by atoms with Crippen molar-refractivity contribution in [3.05, 3.63) is 12.2 Å². The molecular formula is C9H15FN4. The topological polar surface area (TPSA) is 42.7 Å². The molecular weight excluding hydrogens is 183 g/mol. The summed E-state index contributed by atoms with van der Waals surface area (Å²) in [5.74, 6) is 0.394. The Labute approximate surface area is 82.5 Å². The third-order valence-corrected chi connectivity index (χ3v) is 2.98. The molecule has 0 bridgehead atoms. The molecule has 0 spiro atoms. The molecule has 4 nitrogen and oxygen atoms in total. The minimum Gasteiger partial charge on any atom is -0.318 e. The molecule has 1 aromatic rings. The zero-order valence-corrected chi connectivity index (χ0v) is 8.50. The highest BCUT2D eigenvalue weighted by molar-refractivity contribution is 5.06. The standard InChI is InChI=1S/C9H15FN4/c1-7-5-11-4-3-9(7,10)8-13-12-6-14(8)2/h6-7,11H,3-5H2,1-2H3. The molecule has 5 heteroatoms. The van der Waals surface area contributed by atoms with Gasteiger partial charge in [-0.25, -0.2) is 4.39 Å². The lowest BCUT2D eigenvalue weighted by Crippen LogP contribution is -2.45. The first-order chi connectivity index (χ1) is 6.64. The quantitative estimate of drug-likeness (QED) is 0.719. The van der Waals surface area contributed by atoms with Gasteiger partial charge in [-0.15, -0.1) is 10.2 Å². The van der Waals surface area contributed by atoms with E-state index in [-0.39, 0.29) is 5.92 Å². The van der Waals surface area contributed by atoms with Crippen molar-refractivity contribution in [1.82, 2.24) is 20.1 Å². The maximum absolute atomic E-state index is 14.6. The van der Waals surface area contributed by atoms with E-state index < -0.39 is 5.67 Å². The van der Waals surface area contributed by atoms with Crippen molar-refractivity contribution >= 4 is 0 Å². The summed E-state index contributed by atoms with van der Waals surface area (Å²) in [6.45, 7) is 3.30. The van der Waals surface area contributed by atoms with Crippen molar-refractivity contribution in [2.24, 2.45) is 13.0 Å². The molecule has 0 aliphatic carbocycles. The molecule has 0 radical (unpaired) electrons. The van der Waals surface area contributed by atoms with Crippen LogP contribution in [0.3, 0.4) is 0 Å². The van der Waals surface area contributed by atoms with Crippen LogP contribution in [0, 0.1) is 5.92 Å². The smallest absolute Gasteiger partial charge is 0.175 e. The highest BCUT2D eigenvalue weighted by Crippen LogP contribution is 2.37. The number of hydrogen-bond acceptors (Lipinski definition) is 3. The van der Waals surface area contributed by atoms with Crippen LogP contribution in [-0.4, -0.2) is 27.9 Å². The van der Waals surface area contributed by atoms with Crippen LogP contribution in [0.4, 0.5) is 4.39 Å². The first-order valence-corrected chi connectivity index (χ1v) is 4.88. The molecule has 1 N–H and O–H groups in total. The number of aromatic nitrogens is 3. The molecule has 0 amide bonds. The fourth-order valence-electron chi connectivity index (χ4n) is 1.99. The van der Waals surface area contributed by atoms with E-state index in [0.29, 0.717) is 25.3 Å². The van der Waals surface area contributed by atoms with Gasteiger partial charge in [0.15, 0.2) is 11.5 Å². The molecule has 0 saturated carbocycles. The molecule has 1 saturated heterocycles. The van der Waals surface area contributed by atoms with Crippen molar-refractivity contribution in [2.45, 2.75) is 19.0 Å². The van der Waals surface area contributed by atoms with E-state index in [9.17, 15) is 4.39 Å². The summed E-state index contributed by atoms with van der Waals surface area (Å²) in [6.07, 6.45) is 2.02. The van der Waals surface area contributed by atoms with Gasteiger partial charge in [-0.3, -0.25) is 0 Å². The van der Waals surface area contributed by atoms with E-state index in [1.54, 1.807) is 17.9 Å². The molecule has 1 aliphatic rings. The lowest BCUT2D eigenvalue weighted by molar-refractivity contribution is 0.0424. The number of halogens is 1. The van der Waals surface area contributed by atoms with Crippen LogP contribution in [-0.2, 0) is 12.7 Å². The Morgan fingerprint density at radius 1 is 1.71 bits per heavy atom. The van der Waals surface area contributed by atoms with Gasteiger partial charge in [0.1, 0.15) is 6.33 Å². The molecule has 1 aromatic heterocycles. The Hall–Kier alpha value is -0.970. The Balaban J connectivity index is 2.34. The fraction of sp³-hybridized carbons (Fsp3) is 0.778. The largest absolute Gasteiger partial charge is 0.318 e. The van der Waals surface area contributed by atoms with Crippen molar-refractivity contribution in [2.75, 3.05) is 13.1 Å². The third kappa shape index (κ3) is 1.32. The minimum absolute atomic E-state index is 0.0563. The average molecular weight is 198 g/mol. The van der Waals surface area contributed by atoms with E-state index in [0.717, 1.165) is 0 Å². The molecule has 1 fully saturated rings. The van der Waals surface area contributed by atoms with Crippen LogP contribution >= 0.6 is 0 Å². The zero-order chi connectivity index (χ0) is 10.2. The SMILES string of the molecule is CC1CNCCC1(F)c1nncn1C. The van der Waals surface area contributed by atoms with Crippen LogP contribution in [0.15, 0.2) is 6.33 Å². The highest BCUT2D eigenvalue weighted by atomic mass is 19.1. The van der Waals surface area contributed by atoms with Crippen molar-refractivity contribution in [3.8, 4) is 0 Å². The number of piperidine rings is 1. The second kappa shape index (κ2) is 3.31. The molecule has 14 heavy (non-hydrogen) atoms. The summed E-state index contributed by atoms with van der Waals surface area (Å²) < 4.78 is 16.3. The first kappa shape index (κ1) is 9.58.